The van der Waals surface area contributed by atoms with E-state index in [4.69, 9.17) is 4.74 Å². The van der Waals surface area contributed by atoms with Crippen LogP contribution in [0.15, 0.2) is 55.3 Å². The number of aromatic nitrogens is 3. The first kappa shape index (κ1) is 27.6. The summed E-state index contributed by atoms with van der Waals surface area (Å²) in [5.41, 5.74) is 6.87. The fraction of sp³-hybridized carbons (Fsp3) is 0.424. The van der Waals surface area contributed by atoms with E-state index in [0.717, 1.165) is 106 Å². The number of rotatable bonds is 8. The minimum atomic E-state index is 0.0499. The Morgan fingerprint density at radius 1 is 1.05 bits per heavy atom. The van der Waals surface area contributed by atoms with E-state index in [1.165, 1.54) is 23.6 Å². The number of benzene rings is 1. The number of fused-ring (bicyclic) bond motifs is 1. The zero-order valence-electron chi connectivity index (χ0n) is 23.8. The van der Waals surface area contributed by atoms with Gasteiger partial charge >= 0.3 is 0 Å². The third-order valence-corrected chi connectivity index (χ3v) is 8.63. The molecule has 2 aromatic heterocycles. The van der Waals surface area contributed by atoms with E-state index in [2.05, 4.69) is 80.1 Å². The number of carbonyl (C=O) groups is 1. The highest BCUT2D eigenvalue weighted by atomic mass is 16.5. The lowest BCUT2D eigenvalue weighted by Gasteiger charge is -2.36. The van der Waals surface area contributed by atoms with Gasteiger partial charge in [-0.15, -0.1) is 0 Å². The van der Waals surface area contributed by atoms with Gasteiger partial charge < -0.3 is 9.64 Å². The summed E-state index contributed by atoms with van der Waals surface area (Å²) in [6.45, 7) is 12.6. The van der Waals surface area contributed by atoms with E-state index >= 15 is 0 Å². The number of ether oxygens (including phenoxy) is 1. The van der Waals surface area contributed by atoms with Gasteiger partial charge in [-0.25, -0.2) is 0 Å². The van der Waals surface area contributed by atoms with Crippen LogP contribution in [0.4, 0.5) is 0 Å². The van der Waals surface area contributed by atoms with Crippen molar-refractivity contribution in [3.8, 4) is 0 Å². The van der Waals surface area contributed by atoms with Gasteiger partial charge in [-0.3, -0.25) is 24.7 Å². The van der Waals surface area contributed by atoms with Crippen LogP contribution in [0.25, 0.3) is 28.6 Å². The Bertz CT molecular complexity index is 1410. The molecule has 0 saturated carbocycles. The first-order chi connectivity index (χ1) is 20.1. The molecule has 1 aliphatic carbocycles. The molecule has 3 aliphatic rings. The second-order valence-electron chi connectivity index (χ2n) is 11.4. The van der Waals surface area contributed by atoms with Gasteiger partial charge in [0.15, 0.2) is 0 Å². The van der Waals surface area contributed by atoms with Crippen molar-refractivity contribution < 1.29 is 9.53 Å². The highest BCUT2D eigenvalue weighted by Gasteiger charge is 2.23. The first-order valence-corrected chi connectivity index (χ1v) is 14.9. The second-order valence-corrected chi connectivity index (χ2v) is 11.4. The van der Waals surface area contributed by atoms with E-state index in [9.17, 15) is 4.79 Å². The molecule has 1 atom stereocenters. The molecule has 8 heteroatoms. The Morgan fingerprint density at radius 3 is 2.63 bits per heavy atom. The van der Waals surface area contributed by atoms with Crippen molar-refractivity contribution in [2.24, 2.45) is 5.92 Å². The maximum Gasteiger partial charge on any atom is 0.246 e. The van der Waals surface area contributed by atoms with E-state index in [-0.39, 0.29) is 5.91 Å². The number of H-pyrrole nitrogens is 1. The lowest BCUT2D eigenvalue weighted by atomic mass is 9.86. The molecular formula is C33H40N6O2. The zero-order valence-corrected chi connectivity index (χ0v) is 23.8. The predicted octanol–water partition coefficient (Wildman–Crippen LogP) is 4.47. The first-order valence-electron chi connectivity index (χ1n) is 14.9. The van der Waals surface area contributed by atoms with Crippen molar-refractivity contribution in [3.05, 3.63) is 77.8 Å². The number of nitrogens with zero attached hydrogens (tertiary/aromatic N) is 5. The minimum Gasteiger partial charge on any atom is -0.379 e. The van der Waals surface area contributed by atoms with E-state index < -0.39 is 0 Å². The van der Waals surface area contributed by atoms with Crippen molar-refractivity contribution in [2.45, 2.75) is 25.8 Å². The summed E-state index contributed by atoms with van der Waals surface area (Å²) in [7, 11) is 0. The summed E-state index contributed by atoms with van der Waals surface area (Å²) in [6.07, 6.45) is 13.4. The van der Waals surface area contributed by atoms with E-state index in [0.29, 0.717) is 5.92 Å². The Hall–Kier alpha value is -3.59. The van der Waals surface area contributed by atoms with Crippen LogP contribution < -0.4 is 0 Å². The van der Waals surface area contributed by atoms with Crippen molar-refractivity contribution in [3.63, 3.8) is 0 Å². The van der Waals surface area contributed by atoms with Crippen LogP contribution in [0.5, 0.6) is 0 Å². The summed E-state index contributed by atoms with van der Waals surface area (Å²) in [5, 5.41) is 8.92. The number of piperazine rings is 1. The molecule has 41 heavy (non-hydrogen) atoms. The molecule has 0 bridgehead atoms. The number of carbonyl (C=O) groups excluding carboxylic acids is 1. The molecule has 2 fully saturated rings. The molecule has 1 unspecified atom stereocenters. The fourth-order valence-corrected chi connectivity index (χ4v) is 6.11. The SMILES string of the molecule is C=CC(=O)N1CCN(CC2CC=C(c3ccc4[nH]nc(/C=C/c5ccc(CN6CCOCC6)nc5)c4c3)CC2)CC1. The number of hydrogen-bond donors (Lipinski definition) is 1. The predicted molar refractivity (Wildman–Crippen MR) is 164 cm³/mol. The fourth-order valence-electron chi connectivity index (χ4n) is 6.11. The Kier molecular flexibility index (Phi) is 8.70. The van der Waals surface area contributed by atoms with Crippen LogP contribution in [0, 0.1) is 5.92 Å². The molecule has 1 aromatic carbocycles. The topological polar surface area (TPSA) is 77.6 Å². The molecule has 214 valence electrons. The number of morpholine rings is 1. The number of nitrogens with one attached hydrogen (secondary N) is 1. The summed E-state index contributed by atoms with van der Waals surface area (Å²) in [6, 6.07) is 10.9. The molecule has 1 amide bonds. The third-order valence-electron chi connectivity index (χ3n) is 8.63. The van der Waals surface area contributed by atoms with Gasteiger partial charge in [0.2, 0.25) is 5.91 Å². The maximum absolute atomic E-state index is 11.9. The minimum absolute atomic E-state index is 0.0499. The highest BCUT2D eigenvalue weighted by Crippen LogP contribution is 2.33. The van der Waals surface area contributed by atoms with Crippen molar-refractivity contribution in [1.82, 2.24) is 29.9 Å². The summed E-state index contributed by atoms with van der Waals surface area (Å²) >= 11 is 0. The molecule has 8 nitrogen and oxygen atoms in total. The summed E-state index contributed by atoms with van der Waals surface area (Å²) in [4.78, 5) is 23.3. The van der Waals surface area contributed by atoms with E-state index in [1.54, 1.807) is 0 Å². The van der Waals surface area contributed by atoms with Crippen LogP contribution in [0.3, 0.4) is 0 Å². The van der Waals surface area contributed by atoms with Crippen LogP contribution in [-0.2, 0) is 16.1 Å². The quantitative estimate of drug-likeness (QED) is 0.416. The lowest BCUT2D eigenvalue weighted by molar-refractivity contribution is -0.127. The molecule has 2 aliphatic heterocycles. The van der Waals surface area contributed by atoms with Crippen molar-refractivity contribution >= 4 is 34.5 Å². The number of amides is 1. The van der Waals surface area contributed by atoms with Gasteiger partial charge in [-0.1, -0.05) is 30.9 Å². The van der Waals surface area contributed by atoms with Gasteiger partial charge in [0.1, 0.15) is 0 Å². The molecule has 0 radical (unpaired) electrons. The maximum atomic E-state index is 11.9. The highest BCUT2D eigenvalue weighted by molar-refractivity contribution is 5.91. The normalized spacial score (nSPS) is 20.9. The molecule has 4 heterocycles. The molecule has 2 saturated heterocycles. The van der Waals surface area contributed by atoms with Gasteiger partial charge in [-0.05, 0) is 72.2 Å². The van der Waals surface area contributed by atoms with E-state index in [1.807, 2.05) is 11.1 Å². The largest absolute Gasteiger partial charge is 0.379 e. The van der Waals surface area contributed by atoms with Gasteiger partial charge in [0.25, 0.3) is 0 Å². The number of aromatic amines is 1. The molecule has 6 rings (SSSR count). The Labute approximate surface area is 242 Å². The average Bonchev–Trinajstić information content (AvgIpc) is 3.44. The number of hydrogen-bond acceptors (Lipinski definition) is 6. The van der Waals surface area contributed by atoms with Crippen molar-refractivity contribution in [2.75, 3.05) is 59.0 Å². The molecule has 3 aromatic rings. The average molecular weight is 553 g/mol. The second kappa shape index (κ2) is 12.9. The van der Waals surface area contributed by atoms with Gasteiger partial charge in [0, 0.05) is 63.9 Å². The number of pyridine rings is 1. The Morgan fingerprint density at radius 2 is 1.90 bits per heavy atom. The molecule has 1 N–H and O–H groups in total. The zero-order chi connectivity index (χ0) is 28.0. The third kappa shape index (κ3) is 6.84. The molecular weight excluding hydrogens is 512 g/mol. The molecule has 0 spiro atoms. The van der Waals surface area contributed by atoms with Crippen LogP contribution in [0.1, 0.15) is 41.8 Å². The van der Waals surface area contributed by atoms with Gasteiger partial charge in [0.05, 0.1) is 30.1 Å². The van der Waals surface area contributed by atoms with Crippen LogP contribution >= 0.6 is 0 Å². The smallest absolute Gasteiger partial charge is 0.246 e. The summed E-state index contributed by atoms with van der Waals surface area (Å²) in [5.74, 6) is 0.722. The lowest BCUT2D eigenvalue weighted by Crippen LogP contribution is -2.49. The van der Waals surface area contributed by atoms with Gasteiger partial charge in [-0.2, -0.15) is 5.10 Å². The van der Waals surface area contributed by atoms with Crippen LogP contribution in [-0.4, -0.2) is 94.8 Å². The van der Waals surface area contributed by atoms with Crippen LogP contribution in [0.2, 0.25) is 0 Å². The Balaban J connectivity index is 1.06. The number of allylic oxidation sites excluding steroid dienone is 2. The standard InChI is InChI=1S/C33H40N6O2/c1-2-33(40)39-15-13-37(14-16-39)23-26-3-7-27(8-4-26)28-9-12-32-30(21-28)31(35-36-32)11-6-25-5-10-29(34-22-25)24-38-17-19-41-20-18-38/h2,5-7,9-12,21-22,26H,1,3-4,8,13-20,23-24H2,(H,35,36)/b11-6+. The monoisotopic (exact) mass is 552 g/mol. The summed E-state index contributed by atoms with van der Waals surface area (Å²) < 4.78 is 5.44. The van der Waals surface area contributed by atoms with Crippen molar-refractivity contribution in [1.29, 1.82) is 0 Å².